The van der Waals surface area contributed by atoms with Crippen LogP contribution in [0.1, 0.15) is 5.82 Å². The van der Waals surface area contributed by atoms with E-state index in [0.29, 0.717) is 28.2 Å². The molecule has 0 atom stereocenters. The summed E-state index contributed by atoms with van der Waals surface area (Å²) in [7, 11) is 3.36. The Morgan fingerprint density at radius 3 is 2.64 bits per heavy atom. The van der Waals surface area contributed by atoms with Crippen LogP contribution in [0.15, 0.2) is 0 Å². The first-order valence-electron chi connectivity index (χ1n) is 4.04. The molecule has 0 aliphatic heterocycles. The molecule has 0 amide bonds. The molecule has 6 heteroatoms. The van der Waals surface area contributed by atoms with Gasteiger partial charge in [-0.1, -0.05) is 11.6 Å². The van der Waals surface area contributed by atoms with Gasteiger partial charge >= 0.3 is 0 Å². The topological polar surface area (TPSA) is 52.8 Å². The van der Waals surface area contributed by atoms with E-state index in [1.807, 2.05) is 0 Å². The SMILES string of the molecule is COc1nc2nc(C)nc(Cl)c2n1C. The minimum atomic E-state index is 0.394. The Morgan fingerprint density at radius 2 is 2.00 bits per heavy atom. The second-order valence-corrected chi connectivity index (χ2v) is 3.25. The summed E-state index contributed by atoms with van der Waals surface area (Å²) >= 11 is 5.97. The van der Waals surface area contributed by atoms with Crippen LogP contribution in [0.25, 0.3) is 11.2 Å². The zero-order chi connectivity index (χ0) is 10.3. The summed E-state index contributed by atoms with van der Waals surface area (Å²) in [5.41, 5.74) is 1.25. The number of hydrogen-bond donors (Lipinski definition) is 0. The van der Waals surface area contributed by atoms with Crippen LogP contribution >= 0.6 is 11.6 Å². The predicted molar refractivity (Wildman–Crippen MR) is 52.6 cm³/mol. The first-order chi connectivity index (χ1) is 6.63. The number of hydrogen-bond acceptors (Lipinski definition) is 4. The molecule has 14 heavy (non-hydrogen) atoms. The number of imidazole rings is 1. The van der Waals surface area contributed by atoms with Gasteiger partial charge in [-0.2, -0.15) is 4.98 Å². The zero-order valence-corrected chi connectivity index (χ0v) is 8.83. The van der Waals surface area contributed by atoms with E-state index in [4.69, 9.17) is 16.3 Å². The predicted octanol–water partition coefficient (Wildman–Crippen LogP) is 1.33. The summed E-state index contributed by atoms with van der Waals surface area (Å²) < 4.78 is 6.77. The number of fused-ring (bicyclic) bond motifs is 1. The number of rotatable bonds is 1. The number of halogens is 1. The molecular formula is C8H9ClN4O. The van der Waals surface area contributed by atoms with Gasteiger partial charge in [-0.25, -0.2) is 9.97 Å². The van der Waals surface area contributed by atoms with E-state index in [9.17, 15) is 0 Å². The van der Waals surface area contributed by atoms with E-state index in [-0.39, 0.29) is 0 Å². The molecule has 74 valence electrons. The van der Waals surface area contributed by atoms with E-state index in [2.05, 4.69) is 15.0 Å². The van der Waals surface area contributed by atoms with Crippen molar-refractivity contribution in [3.05, 3.63) is 11.0 Å². The molecule has 0 fully saturated rings. The Kier molecular flexibility index (Phi) is 2.03. The highest BCUT2D eigenvalue weighted by Gasteiger charge is 2.13. The molecule has 0 saturated carbocycles. The van der Waals surface area contributed by atoms with Crippen LogP contribution in [0, 0.1) is 6.92 Å². The Bertz CT molecular complexity index is 494. The lowest BCUT2D eigenvalue weighted by Gasteiger charge is -1.99. The molecule has 2 aromatic rings. The van der Waals surface area contributed by atoms with Gasteiger partial charge in [0.25, 0.3) is 6.01 Å². The summed E-state index contributed by atoms with van der Waals surface area (Å²) in [6.07, 6.45) is 0. The lowest BCUT2D eigenvalue weighted by Crippen LogP contribution is -1.95. The molecule has 0 aliphatic carbocycles. The molecule has 0 bridgehead atoms. The van der Waals surface area contributed by atoms with Crippen molar-refractivity contribution < 1.29 is 4.74 Å². The van der Waals surface area contributed by atoms with E-state index in [0.717, 1.165) is 0 Å². The molecule has 0 saturated heterocycles. The van der Waals surface area contributed by atoms with Crippen molar-refractivity contribution in [1.29, 1.82) is 0 Å². The van der Waals surface area contributed by atoms with Gasteiger partial charge < -0.3 is 4.74 Å². The average molecular weight is 213 g/mol. The Morgan fingerprint density at radius 1 is 1.29 bits per heavy atom. The Balaban J connectivity index is 2.85. The Labute approximate surface area is 85.7 Å². The van der Waals surface area contributed by atoms with Crippen molar-refractivity contribution in [2.24, 2.45) is 7.05 Å². The van der Waals surface area contributed by atoms with Crippen molar-refractivity contribution in [3.63, 3.8) is 0 Å². The fourth-order valence-electron chi connectivity index (χ4n) is 1.33. The van der Waals surface area contributed by atoms with Crippen LogP contribution in [0.5, 0.6) is 6.01 Å². The molecule has 2 heterocycles. The number of aromatic nitrogens is 4. The van der Waals surface area contributed by atoms with Crippen LogP contribution in [-0.2, 0) is 7.05 Å². The molecule has 5 nitrogen and oxygen atoms in total. The van der Waals surface area contributed by atoms with Crippen molar-refractivity contribution in [3.8, 4) is 6.01 Å². The molecule has 2 rings (SSSR count). The van der Waals surface area contributed by atoms with Crippen LogP contribution in [0.3, 0.4) is 0 Å². The van der Waals surface area contributed by atoms with Crippen LogP contribution in [0.4, 0.5) is 0 Å². The molecule has 0 aliphatic rings. The van der Waals surface area contributed by atoms with E-state index in [1.54, 1.807) is 25.6 Å². The molecule has 0 spiro atoms. The smallest absolute Gasteiger partial charge is 0.298 e. The number of nitrogens with zero attached hydrogens (tertiary/aromatic N) is 4. The normalized spacial score (nSPS) is 10.9. The number of methoxy groups -OCH3 is 1. The summed E-state index contributed by atoms with van der Waals surface area (Å²) in [6, 6.07) is 0.474. The summed E-state index contributed by atoms with van der Waals surface area (Å²) in [6.45, 7) is 1.77. The van der Waals surface area contributed by atoms with Gasteiger partial charge in [-0.05, 0) is 6.92 Å². The minimum absolute atomic E-state index is 0.394. The highest BCUT2D eigenvalue weighted by atomic mass is 35.5. The molecule has 0 unspecified atom stereocenters. The Hall–Kier alpha value is -1.36. The highest BCUT2D eigenvalue weighted by molar-refractivity contribution is 6.33. The largest absolute Gasteiger partial charge is 0.468 e. The van der Waals surface area contributed by atoms with Crippen LogP contribution in [0.2, 0.25) is 5.15 Å². The lowest BCUT2D eigenvalue weighted by atomic mass is 10.5. The quantitative estimate of drug-likeness (QED) is 0.670. The summed E-state index contributed by atoms with van der Waals surface area (Å²) in [5, 5.41) is 0.394. The van der Waals surface area contributed by atoms with Gasteiger partial charge in [0, 0.05) is 7.05 Å². The first-order valence-corrected chi connectivity index (χ1v) is 4.42. The maximum absolute atomic E-state index is 5.97. The third-order valence-electron chi connectivity index (χ3n) is 1.94. The molecule has 0 N–H and O–H groups in total. The molecule has 0 radical (unpaired) electrons. The maximum atomic E-state index is 5.97. The number of aryl methyl sites for hydroxylation is 2. The minimum Gasteiger partial charge on any atom is -0.468 e. The average Bonchev–Trinajstić information content (AvgIpc) is 2.42. The monoisotopic (exact) mass is 212 g/mol. The van der Waals surface area contributed by atoms with E-state index < -0.39 is 0 Å². The summed E-state index contributed by atoms with van der Waals surface area (Å²) in [5.74, 6) is 0.600. The third kappa shape index (κ3) is 1.21. The molecule has 0 aromatic carbocycles. The fourth-order valence-corrected chi connectivity index (χ4v) is 1.66. The second-order valence-electron chi connectivity index (χ2n) is 2.89. The maximum Gasteiger partial charge on any atom is 0.298 e. The highest BCUT2D eigenvalue weighted by Crippen LogP contribution is 2.23. The molecule has 2 aromatic heterocycles. The number of ether oxygens (including phenoxy) is 1. The van der Waals surface area contributed by atoms with Gasteiger partial charge in [0.2, 0.25) is 0 Å². The van der Waals surface area contributed by atoms with Crippen molar-refractivity contribution in [2.45, 2.75) is 6.92 Å². The van der Waals surface area contributed by atoms with Crippen molar-refractivity contribution >= 4 is 22.8 Å². The lowest BCUT2D eigenvalue weighted by molar-refractivity contribution is 0.368. The van der Waals surface area contributed by atoms with Gasteiger partial charge in [-0.15, -0.1) is 0 Å². The second kappa shape index (κ2) is 3.09. The standard InChI is InChI=1S/C8H9ClN4O/c1-4-10-6(9)5-7(11-4)12-8(14-3)13(5)2/h1-3H3. The first kappa shape index (κ1) is 9.21. The van der Waals surface area contributed by atoms with E-state index in [1.165, 1.54) is 0 Å². The fraction of sp³-hybridized carbons (Fsp3) is 0.375. The molecular weight excluding hydrogens is 204 g/mol. The van der Waals surface area contributed by atoms with Gasteiger partial charge in [0.05, 0.1) is 7.11 Å². The van der Waals surface area contributed by atoms with Crippen LogP contribution < -0.4 is 4.74 Å². The van der Waals surface area contributed by atoms with Crippen molar-refractivity contribution in [1.82, 2.24) is 19.5 Å². The summed E-state index contributed by atoms with van der Waals surface area (Å²) in [4.78, 5) is 12.4. The van der Waals surface area contributed by atoms with Crippen LogP contribution in [-0.4, -0.2) is 26.6 Å². The zero-order valence-electron chi connectivity index (χ0n) is 8.08. The third-order valence-corrected chi connectivity index (χ3v) is 2.20. The van der Waals surface area contributed by atoms with E-state index >= 15 is 0 Å². The van der Waals surface area contributed by atoms with Gasteiger partial charge in [0.15, 0.2) is 10.8 Å². The van der Waals surface area contributed by atoms with Crippen molar-refractivity contribution in [2.75, 3.05) is 7.11 Å². The van der Waals surface area contributed by atoms with Gasteiger partial charge in [-0.3, -0.25) is 4.57 Å². The van der Waals surface area contributed by atoms with Gasteiger partial charge in [0.1, 0.15) is 11.3 Å².